The number of methoxy groups -OCH3 is 4. The van der Waals surface area contributed by atoms with Crippen molar-refractivity contribution in [3.05, 3.63) is 41.7 Å². The van der Waals surface area contributed by atoms with Crippen LogP contribution in [0, 0.1) is 0 Å². The van der Waals surface area contributed by atoms with Crippen molar-refractivity contribution in [3.8, 4) is 34.1 Å². The van der Waals surface area contributed by atoms with Gasteiger partial charge in [0.2, 0.25) is 0 Å². The Morgan fingerprint density at radius 2 is 1.43 bits per heavy atom. The molecule has 3 aromatic rings. The molecule has 1 aliphatic carbocycles. The average Bonchev–Trinajstić information content (AvgIpc) is 2.70. The lowest BCUT2D eigenvalue weighted by Crippen LogP contribution is -3.00. The molecule has 0 amide bonds. The zero-order valence-corrected chi connectivity index (χ0v) is 18.4. The molecule has 6 nitrogen and oxygen atoms in total. The van der Waals surface area contributed by atoms with E-state index in [-0.39, 0.29) is 29.8 Å². The van der Waals surface area contributed by atoms with Gasteiger partial charge in [-0.3, -0.25) is 4.79 Å². The highest BCUT2D eigenvalue weighted by atomic mass is 127. The minimum Gasteiger partial charge on any atom is -1.00 e. The lowest BCUT2D eigenvalue weighted by Gasteiger charge is -2.23. The van der Waals surface area contributed by atoms with Gasteiger partial charge in [-0.25, -0.2) is 0 Å². The standard InChI is InChI=1S/C21H20NO5.HI/c1-22-7-6-11-8-16(26-4)21(27-5)18-12-9-14(24-2)15(25-3)10-13(12)20(23)19(22)17(11)18;/h6-10H,1-5H3;1H/q+1;/p-1. The van der Waals surface area contributed by atoms with Crippen LogP contribution in [0.15, 0.2) is 30.5 Å². The van der Waals surface area contributed by atoms with Crippen LogP contribution in [-0.2, 0) is 7.05 Å². The molecule has 0 saturated carbocycles. The Hall–Kier alpha value is -2.55. The first-order valence-electron chi connectivity index (χ1n) is 8.44. The Morgan fingerprint density at radius 3 is 2.00 bits per heavy atom. The fourth-order valence-corrected chi connectivity index (χ4v) is 3.78. The highest BCUT2D eigenvalue weighted by Gasteiger charge is 2.36. The predicted molar refractivity (Wildman–Crippen MR) is 100 cm³/mol. The maximum atomic E-state index is 13.3. The molecule has 0 bridgehead atoms. The lowest BCUT2D eigenvalue weighted by molar-refractivity contribution is -0.671. The quantitative estimate of drug-likeness (QED) is 0.294. The van der Waals surface area contributed by atoms with Crippen molar-refractivity contribution >= 4 is 16.6 Å². The number of rotatable bonds is 4. The summed E-state index contributed by atoms with van der Waals surface area (Å²) in [5.74, 6) is 2.17. The van der Waals surface area contributed by atoms with Crippen LogP contribution in [0.4, 0.5) is 0 Å². The van der Waals surface area contributed by atoms with Gasteiger partial charge in [-0.1, -0.05) is 0 Å². The molecule has 0 radical (unpaired) electrons. The summed E-state index contributed by atoms with van der Waals surface area (Å²) in [5.41, 5.74) is 2.68. The molecule has 1 heterocycles. The first-order chi connectivity index (χ1) is 13.0. The number of hydrogen-bond donors (Lipinski definition) is 0. The fourth-order valence-electron chi connectivity index (χ4n) is 3.78. The summed E-state index contributed by atoms with van der Waals surface area (Å²) < 4.78 is 23.9. The summed E-state index contributed by atoms with van der Waals surface area (Å²) in [7, 11) is 8.18. The summed E-state index contributed by atoms with van der Waals surface area (Å²) >= 11 is 0. The zero-order chi connectivity index (χ0) is 19.3. The van der Waals surface area contributed by atoms with E-state index < -0.39 is 0 Å². The molecule has 146 valence electrons. The highest BCUT2D eigenvalue weighted by Crippen LogP contribution is 2.50. The minimum atomic E-state index is -0.0706. The number of nitrogens with zero attached hydrogens (tertiary/aromatic N) is 1. The molecule has 0 unspecified atom stereocenters. The number of ether oxygens (including phenoxy) is 4. The molecule has 0 saturated heterocycles. The summed E-state index contributed by atoms with van der Waals surface area (Å²) in [4.78, 5) is 13.3. The summed E-state index contributed by atoms with van der Waals surface area (Å²) in [6, 6.07) is 7.39. The normalized spacial score (nSPS) is 11.5. The van der Waals surface area contributed by atoms with Gasteiger partial charge in [0.05, 0.1) is 33.8 Å². The van der Waals surface area contributed by atoms with Crippen LogP contribution >= 0.6 is 0 Å². The Balaban J connectivity index is 0.00000225. The van der Waals surface area contributed by atoms with Crippen LogP contribution in [0.2, 0.25) is 0 Å². The van der Waals surface area contributed by atoms with E-state index in [1.165, 1.54) is 0 Å². The minimum absolute atomic E-state index is 0. The Morgan fingerprint density at radius 1 is 0.821 bits per heavy atom. The van der Waals surface area contributed by atoms with E-state index in [1.807, 2.05) is 36.0 Å². The van der Waals surface area contributed by atoms with Crippen molar-refractivity contribution in [1.29, 1.82) is 0 Å². The van der Waals surface area contributed by atoms with Gasteiger partial charge in [-0.15, -0.1) is 0 Å². The van der Waals surface area contributed by atoms with Crippen molar-refractivity contribution in [2.45, 2.75) is 0 Å². The van der Waals surface area contributed by atoms with E-state index in [0.717, 1.165) is 21.9 Å². The number of halogens is 1. The Kier molecular flexibility index (Phi) is 5.38. The van der Waals surface area contributed by atoms with Gasteiger partial charge < -0.3 is 42.9 Å². The van der Waals surface area contributed by atoms with Crippen LogP contribution < -0.4 is 47.5 Å². The molecule has 7 heteroatoms. The topological polar surface area (TPSA) is 57.9 Å². The van der Waals surface area contributed by atoms with Crippen molar-refractivity contribution in [3.63, 3.8) is 0 Å². The van der Waals surface area contributed by atoms with Gasteiger partial charge in [0.15, 0.2) is 29.2 Å². The number of aryl methyl sites for hydroxylation is 1. The number of aromatic nitrogens is 1. The lowest BCUT2D eigenvalue weighted by atomic mass is 9.84. The number of carbonyl (C=O) groups is 1. The first-order valence-corrected chi connectivity index (χ1v) is 8.44. The van der Waals surface area contributed by atoms with Gasteiger partial charge in [0.1, 0.15) is 7.05 Å². The molecule has 1 aliphatic rings. The van der Waals surface area contributed by atoms with Crippen molar-refractivity contribution in [2.75, 3.05) is 28.4 Å². The first kappa shape index (κ1) is 20.2. The Bertz CT molecular complexity index is 1110. The van der Waals surface area contributed by atoms with E-state index in [2.05, 4.69) is 0 Å². The predicted octanol–water partition coefficient (Wildman–Crippen LogP) is -0.0859. The van der Waals surface area contributed by atoms with Gasteiger partial charge >= 0.3 is 0 Å². The zero-order valence-electron chi connectivity index (χ0n) is 16.3. The number of carbonyl (C=O) groups excluding carboxylic acids is 1. The van der Waals surface area contributed by atoms with E-state index in [4.69, 9.17) is 18.9 Å². The van der Waals surface area contributed by atoms with Crippen LogP contribution in [0.1, 0.15) is 16.1 Å². The van der Waals surface area contributed by atoms with Crippen LogP contribution in [0.25, 0.3) is 21.9 Å². The molecule has 1 aromatic heterocycles. The Labute approximate surface area is 180 Å². The third kappa shape index (κ3) is 2.68. The summed E-state index contributed by atoms with van der Waals surface area (Å²) in [6.07, 6.45) is 1.87. The number of benzene rings is 2. The largest absolute Gasteiger partial charge is 1.00 e. The molecular weight excluding hydrogens is 473 g/mol. The second-order valence-electron chi connectivity index (χ2n) is 6.31. The average molecular weight is 493 g/mol. The summed E-state index contributed by atoms with van der Waals surface area (Å²) in [6.45, 7) is 0. The van der Waals surface area contributed by atoms with Crippen molar-refractivity contribution in [2.24, 2.45) is 7.05 Å². The van der Waals surface area contributed by atoms with E-state index in [9.17, 15) is 4.79 Å². The molecule has 0 N–H and O–H groups in total. The highest BCUT2D eigenvalue weighted by molar-refractivity contribution is 6.25. The molecule has 0 atom stereocenters. The molecule has 4 rings (SSSR count). The van der Waals surface area contributed by atoms with Crippen molar-refractivity contribution in [1.82, 2.24) is 0 Å². The molecule has 0 fully saturated rings. The number of fused-ring (bicyclic) bond motifs is 2. The van der Waals surface area contributed by atoms with Crippen LogP contribution in [0.5, 0.6) is 23.0 Å². The third-order valence-electron chi connectivity index (χ3n) is 5.02. The van der Waals surface area contributed by atoms with Crippen LogP contribution in [0.3, 0.4) is 0 Å². The van der Waals surface area contributed by atoms with E-state index in [1.54, 1.807) is 34.5 Å². The fraction of sp³-hybridized carbons (Fsp3) is 0.238. The third-order valence-corrected chi connectivity index (χ3v) is 5.02. The van der Waals surface area contributed by atoms with Gasteiger partial charge in [0, 0.05) is 22.8 Å². The van der Waals surface area contributed by atoms with E-state index in [0.29, 0.717) is 34.3 Å². The van der Waals surface area contributed by atoms with Gasteiger partial charge in [0.25, 0.3) is 11.5 Å². The molecule has 0 aliphatic heterocycles. The molecule has 0 spiro atoms. The van der Waals surface area contributed by atoms with Gasteiger partial charge in [-0.2, -0.15) is 4.57 Å². The monoisotopic (exact) mass is 493 g/mol. The number of ketones is 1. The van der Waals surface area contributed by atoms with Gasteiger partial charge in [-0.05, 0) is 23.6 Å². The van der Waals surface area contributed by atoms with Crippen molar-refractivity contribution < 1.29 is 52.3 Å². The number of pyridine rings is 1. The summed E-state index contributed by atoms with van der Waals surface area (Å²) in [5, 5.41) is 1.74. The SMILES string of the molecule is COc1cc2c(cc1OC)-c1c(OC)c(OC)cc3cc[n+](C)c(c13)C2=O.[I-]. The maximum Gasteiger partial charge on any atom is 0.262 e. The second kappa shape index (κ2) is 7.46. The maximum absolute atomic E-state index is 13.3. The number of hydrogen-bond acceptors (Lipinski definition) is 5. The second-order valence-corrected chi connectivity index (χ2v) is 6.31. The van der Waals surface area contributed by atoms with Crippen LogP contribution in [-0.4, -0.2) is 34.2 Å². The molecule has 2 aromatic carbocycles. The van der Waals surface area contributed by atoms with E-state index >= 15 is 0 Å². The molecule has 28 heavy (non-hydrogen) atoms. The smallest absolute Gasteiger partial charge is 0.262 e. The molecular formula is C21H20INO5.